The van der Waals surface area contributed by atoms with Crippen LogP contribution in [0.1, 0.15) is 60.3 Å². The lowest BCUT2D eigenvalue weighted by Crippen LogP contribution is -2.61. The summed E-state index contributed by atoms with van der Waals surface area (Å²) >= 11 is 0. The van der Waals surface area contributed by atoms with Crippen molar-refractivity contribution >= 4 is 5.97 Å². The lowest BCUT2D eigenvalue weighted by atomic mass is 9.45. The highest BCUT2D eigenvalue weighted by molar-refractivity contribution is 5.66. The standard InChI is InChI=1S/C22H36O5/c1-13(9-10-27-15(3)23)7-8-16-14(2)17(24)11-19-21(4,5)20(26)18(25)12-22(16,19)6/h9,16-20,24-26H,2,7-8,10-12H2,1,3-6H3/b13-9+/t16-,17+,18+,19-,20+,22+/m1/s1. The Hall–Kier alpha value is -1.17. The normalized spacial score (nSPS) is 39.0. The molecular formula is C22H36O5. The molecule has 0 aromatic carbocycles. The fourth-order valence-corrected chi connectivity index (χ4v) is 5.54. The highest BCUT2D eigenvalue weighted by Gasteiger charge is 2.60. The average molecular weight is 381 g/mol. The predicted molar refractivity (Wildman–Crippen MR) is 105 cm³/mol. The van der Waals surface area contributed by atoms with Crippen LogP contribution in [0.25, 0.3) is 0 Å². The Balaban J connectivity index is 2.20. The molecule has 2 fully saturated rings. The van der Waals surface area contributed by atoms with Crippen LogP contribution in [-0.2, 0) is 9.53 Å². The van der Waals surface area contributed by atoms with Gasteiger partial charge in [-0.2, -0.15) is 0 Å². The number of aliphatic hydroxyl groups is 3. The van der Waals surface area contributed by atoms with Crippen molar-refractivity contribution in [3.8, 4) is 0 Å². The summed E-state index contributed by atoms with van der Waals surface area (Å²) in [4.78, 5) is 10.9. The number of hydrogen-bond donors (Lipinski definition) is 3. The summed E-state index contributed by atoms with van der Waals surface area (Å²) < 4.78 is 4.97. The number of esters is 1. The molecule has 0 spiro atoms. The largest absolute Gasteiger partial charge is 0.462 e. The molecule has 154 valence electrons. The maximum Gasteiger partial charge on any atom is 0.302 e. The first-order chi connectivity index (χ1) is 12.4. The number of aliphatic hydroxyl groups excluding tert-OH is 3. The second kappa shape index (κ2) is 8.06. The van der Waals surface area contributed by atoms with E-state index in [-0.39, 0.29) is 29.8 Å². The van der Waals surface area contributed by atoms with Gasteiger partial charge in [0.15, 0.2) is 0 Å². The molecule has 0 radical (unpaired) electrons. The summed E-state index contributed by atoms with van der Waals surface area (Å²) in [5.41, 5.74) is 1.25. The summed E-state index contributed by atoms with van der Waals surface area (Å²) in [5.74, 6) is -0.140. The molecule has 2 rings (SSSR count). The van der Waals surface area contributed by atoms with Gasteiger partial charge in [0, 0.05) is 6.92 Å². The van der Waals surface area contributed by atoms with Crippen molar-refractivity contribution in [2.45, 2.75) is 78.6 Å². The Morgan fingerprint density at radius 1 is 1.26 bits per heavy atom. The maximum absolute atomic E-state index is 10.9. The Morgan fingerprint density at radius 2 is 1.89 bits per heavy atom. The fraction of sp³-hybridized carbons (Fsp3) is 0.773. The zero-order chi connectivity index (χ0) is 20.6. The predicted octanol–water partition coefficient (Wildman–Crippen LogP) is 2.99. The van der Waals surface area contributed by atoms with Crippen LogP contribution in [0.15, 0.2) is 23.8 Å². The summed E-state index contributed by atoms with van der Waals surface area (Å²) in [6.45, 7) is 14.0. The smallest absolute Gasteiger partial charge is 0.302 e. The van der Waals surface area contributed by atoms with Gasteiger partial charge in [0.05, 0.1) is 18.3 Å². The molecule has 2 aliphatic carbocycles. The van der Waals surface area contributed by atoms with E-state index in [4.69, 9.17) is 4.74 Å². The molecule has 0 heterocycles. The molecule has 27 heavy (non-hydrogen) atoms. The summed E-state index contributed by atoms with van der Waals surface area (Å²) in [5, 5.41) is 31.7. The van der Waals surface area contributed by atoms with Crippen LogP contribution in [0.5, 0.6) is 0 Å². The van der Waals surface area contributed by atoms with Crippen LogP contribution in [0.3, 0.4) is 0 Å². The van der Waals surface area contributed by atoms with Gasteiger partial charge in [-0.05, 0) is 66.9 Å². The molecule has 0 amide bonds. The number of carbonyl (C=O) groups is 1. The Labute approximate surface area is 163 Å². The van der Waals surface area contributed by atoms with Crippen LogP contribution >= 0.6 is 0 Å². The minimum Gasteiger partial charge on any atom is -0.462 e. The first-order valence-corrected chi connectivity index (χ1v) is 9.93. The minimum atomic E-state index is -0.792. The van der Waals surface area contributed by atoms with Gasteiger partial charge in [-0.15, -0.1) is 0 Å². The summed E-state index contributed by atoms with van der Waals surface area (Å²) in [6, 6.07) is 0. The van der Waals surface area contributed by atoms with E-state index < -0.39 is 23.7 Å². The van der Waals surface area contributed by atoms with Gasteiger partial charge in [-0.1, -0.05) is 32.9 Å². The van der Waals surface area contributed by atoms with E-state index in [1.165, 1.54) is 6.92 Å². The molecule has 2 saturated carbocycles. The van der Waals surface area contributed by atoms with Crippen LogP contribution < -0.4 is 0 Å². The van der Waals surface area contributed by atoms with Crippen molar-refractivity contribution in [2.24, 2.45) is 22.7 Å². The lowest BCUT2D eigenvalue weighted by molar-refractivity contribution is -0.189. The molecule has 5 nitrogen and oxygen atoms in total. The molecule has 3 N–H and O–H groups in total. The van der Waals surface area contributed by atoms with Crippen molar-refractivity contribution in [2.75, 3.05) is 6.61 Å². The van der Waals surface area contributed by atoms with Crippen LogP contribution in [-0.4, -0.2) is 46.2 Å². The van der Waals surface area contributed by atoms with Crippen LogP contribution in [0, 0.1) is 22.7 Å². The lowest BCUT2D eigenvalue weighted by Gasteiger charge is -2.61. The van der Waals surface area contributed by atoms with Gasteiger partial charge >= 0.3 is 5.97 Å². The molecule has 0 aromatic heterocycles. The van der Waals surface area contributed by atoms with Gasteiger partial charge in [-0.3, -0.25) is 4.79 Å². The van der Waals surface area contributed by atoms with Gasteiger partial charge in [0.1, 0.15) is 6.61 Å². The number of carbonyl (C=O) groups excluding carboxylic acids is 1. The molecule has 0 bridgehead atoms. The van der Waals surface area contributed by atoms with E-state index in [0.29, 0.717) is 12.8 Å². The SMILES string of the molecule is C=C1[C@@H](CC/C(C)=C/COC(C)=O)[C@]2(C)C[C@H](O)[C@H](O)C(C)(C)[C@H]2C[C@@H]1O. The third kappa shape index (κ3) is 4.30. The van der Waals surface area contributed by atoms with Crippen LogP contribution in [0.2, 0.25) is 0 Å². The van der Waals surface area contributed by atoms with Gasteiger partial charge in [0.2, 0.25) is 0 Å². The summed E-state index contributed by atoms with van der Waals surface area (Å²) in [7, 11) is 0. The second-order valence-corrected chi connectivity index (χ2v) is 9.37. The Morgan fingerprint density at radius 3 is 2.48 bits per heavy atom. The van der Waals surface area contributed by atoms with E-state index in [1.54, 1.807) is 0 Å². The van der Waals surface area contributed by atoms with Gasteiger partial charge in [-0.25, -0.2) is 0 Å². The van der Waals surface area contributed by atoms with Gasteiger partial charge < -0.3 is 20.1 Å². The highest BCUT2D eigenvalue weighted by Crippen LogP contribution is 2.61. The van der Waals surface area contributed by atoms with Crippen molar-refractivity contribution in [3.63, 3.8) is 0 Å². The molecule has 0 saturated heterocycles. The van der Waals surface area contributed by atoms with Crippen molar-refractivity contribution in [3.05, 3.63) is 23.8 Å². The zero-order valence-electron chi connectivity index (χ0n) is 17.4. The number of rotatable bonds is 5. The molecule has 0 aromatic rings. The van der Waals surface area contributed by atoms with Crippen molar-refractivity contribution < 1.29 is 24.9 Å². The second-order valence-electron chi connectivity index (χ2n) is 9.37. The number of hydrogen-bond acceptors (Lipinski definition) is 5. The van der Waals surface area contributed by atoms with E-state index in [0.717, 1.165) is 24.0 Å². The molecule has 6 atom stereocenters. The first kappa shape index (κ1) is 22.1. The molecule has 0 aliphatic heterocycles. The molecule has 5 heteroatoms. The fourth-order valence-electron chi connectivity index (χ4n) is 5.54. The molecular weight excluding hydrogens is 344 g/mol. The van der Waals surface area contributed by atoms with E-state index in [9.17, 15) is 20.1 Å². The van der Waals surface area contributed by atoms with E-state index in [2.05, 4.69) is 13.5 Å². The monoisotopic (exact) mass is 380 g/mol. The Bertz CT molecular complexity index is 608. The van der Waals surface area contributed by atoms with Crippen molar-refractivity contribution in [1.29, 1.82) is 0 Å². The summed E-state index contributed by atoms with van der Waals surface area (Å²) in [6.07, 6.45) is 2.46. The minimum absolute atomic E-state index is 0.0600. The zero-order valence-corrected chi connectivity index (χ0v) is 17.4. The average Bonchev–Trinajstić information content (AvgIpc) is 2.55. The number of ether oxygens (including phenoxy) is 1. The highest BCUT2D eigenvalue weighted by atomic mass is 16.5. The first-order valence-electron chi connectivity index (χ1n) is 9.93. The molecule has 2 aliphatic rings. The van der Waals surface area contributed by atoms with Crippen LogP contribution in [0.4, 0.5) is 0 Å². The Kier molecular flexibility index (Phi) is 6.60. The topological polar surface area (TPSA) is 87.0 Å². The third-order valence-corrected chi connectivity index (χ3v) is 7.15. The number of fused-ring (bicyclic) bond motifs is 1. The van der Waals surface area contributed by atoms with E-state index in [1.807, 2.05) is 26.8 Å². The third-order valence-electron chi connectivity index (χ3n) is 7.15. The van der Waals surface area contributed by atoms with E-state index >= 15 is 0 Å². The number of allylic oxidation sites excluding steroid dienone is 1. The van der Waals surface area contributed by atoms with Crippen molar-refractivity contribution in [1.82, 2.24) is 0 Å². The maximum atomic E-state index is 10.9. The van der Waals surface area contributed by atoms with Gasteiger partial charge in [0.25, 0.3) is 0 Å². The molecule has 0 unspecified atom stereocenters. The quantitative estimate of drug-likeness (QED) is 0.504.